The van der Waals surface area contributed by atoms with Gasteiger partial charge < -0.3 is 5.32 Å². The molecule has 1 aliphatic rings. The maximum absolute atomic E-state index is 12.0. The number of carbonyl (C=O) groups excluding carboxylic acids is 1. The van der Waals surface area contributed by atoms with Crippen molar-refractivity contribution in [3.05, 3.63) is 81.0 Å². The first-order chi connectivity index (χ1) is 11.0. The van der Waals surface area contributed by atoms with Gasteiger partial charge in [0.15, 0.2) is 0 Å². The van der Waals surface area contributed by atoms with Gasteiger partial charge in [-0.05, 0) is 30.7 Å². The van der Waals surface area contributed by atoms with Gasteiger partial charge in [0.05, 0.1) is 4.92 Å². The topological polar surface area (TPSA) is 84.6 Å². The zero-order valence-electron chi connectivity index (χ0n) is 12.3. The number of nitro groups is 1. The Balaban J connectivity index is 1.88. The number of aryl methyl sites for hydroxylation is 1. The van der Waals surface area contributed by atoms with Crippen LogP contribution in [-0.4, -0.2) is 16.7 Å². The van der Waals surface area contributed by atoms with Crippen LogP contribution < -0.4 is 5.32 Å². The highest BCUT2D eigenvalue weighted by molar-refractivity contribution is 6.19. The fraction of sp³-hybridized carbons (Fsp3) is 0.0588. The van der Waals surface area contributed by atoms with E-state index in [1.165, 1.54) is 12.1 Å². The molecule has 1 aliphatic heterocycles. The molecule has 1 N–H and O–H groups in total. The molecule has 0 aromatic heterocycles. The number of amidine groups is 1. The third-order valence-electron chi connectivity index (χ3n) is 3.43. The summed E-state index contributed by atoms with van der Waals surface area (Å²) in [6, 6.07) is 13.6. The molecule has 1 amide bonds. The Labute approximate surface area is 132 Å². The predicted molar refractivity (Wildman–Crippen MR) is 86.9 cm³/mol. The summed E-state index contributed by atoms with van der Waals surface area (Å²) in [6.07, 6.45) is 1.60. The summed E-state index contributed by atoms with van der Waals surface area (Å²) >= 11 is 0. The van der Waals surface area contributed by atoms with Crippen LogP contribution >= 0.6 is 0 Å². The molecule has 2 aromatic rings. The molecular formula is C17H13N3O3. The van der Waals surface area contributed by atoms with Crippen LogP contribution in [0.2, 0.25) is 0 Å². The van der Waals surface area contributed by atoms with Crippen LogP contribution in [-0.2, 0) is 4.79 Å². The van der Waals surface area contributed by atoms with Crippen molar-refractivity contribution in [2.45, 2.75) is 6.92 Å². The summed E-state index contributed by atoms with van der Waals surface area (Å²) in [6.45, 7) is 1.98. The Morgan fingerprint density at radius 2 is 1.74 bits per heavy atom. The maximum Gasteiger partial charge on any atom is 0.275 e. The van der Waals surface area contributed by atoms with E-state index in [0.717, 1.165) is 11.1 Å². The molecule has 2 aromatic carbocycles. The Kier molecular flexibility index (Phi) is 3.72. The fourth-order valence-electron chi connectivity index (χ4n) is 2.17. The van der Waals surface area contributed by atoms with Crippen molar-refractivity contribution in [1.29, 1.82) is 0 Å². The average Bonchev–Trinajstić information content (AvgIpc) is 2.89. The van der Waals surface area contributed by atoms with E-state index in [9.17, 15) is 14.9 Å². The number of nitrogens with one attached hydrogen (secondary N) is 1. The van der Waals surface area contributed by atoms with Gasteiger partial charge in [0.1, 0.15) is 11.5 Å². The smallest absolute Gasteiger partial charge is 0.275 e. The Hall–Kier alpha value is -3.28. The maximum atomic E-state index is 12.0. The highest BCUT2D eigenvalue weighted by atomic mass is 16.6. The molecular weight excluding hydrogens is 294 g/mol. The van der Waals surface area contributed by atoms with Gasteiger partial charge in [-0.25, -0.2) is 4.99 Å². The number of nitrogens with zero attached hydrogens (tertiary/aromatic N) is 2. The molecule has 1 heterocycles. The number of non-ortho nitro benzene ring substituents is 1. The Morgan fingerprint density at radius 1 is 1.09 bits per heavy atom. The largest absolute Gasteiger partial charge is 0.305 e. The summed E-state index contributed by atoms with van der Waals surface area (Å²) in [5, 5.41) is 13.4. The predicted octanol–water partition coefficient (Wildman–Crippen LogP) is 2.82. The number of aliphatic imine (C=N–C) groups is 1. The van der Waals surface area contributed by atoms with Crippen molar-refractivity contribution in [3.8, 4) is 0 Å². The minimum Gasteiger partial charge on any atom is -0.305 e. The van der Waals surface area contributed by atoms with Crippen LogP contribution in [0.3, 0.4) is 0 Å². The van der Waals surface area contributed by atoms with Gasteiger partial charge in [-0.2, -0.15) is 0 Å². The molecule has 6 heteroatoms. The minimum absolute atomic E-state index is 0.00636. The third kappa shape index (κ3) is 3.16. The molecule has 0 bridgehead atoms. The van der Waals surface area contributed by atoms with Gasteiger partial charge in [-0.1, -0.05) is 29.8 Å². The van der Waals surface area contributed by atoms with Crippen molar-refractivity contribution < 1.29 is 9.72 Å². The lowest BCUT2D eigenvalue weighted by atomic mass is 10.1. The Bertz CT molecular complexity index is 834. The number of rotatable bonds is 3. The number of nitro benzene ring substituents is 1. The number of hydrogen-bond acceptors (Lipinski definition) is 4. The first kappa shape index (κ1) is 14.6. The van der Waals surface area contributed by atoms with Crippen molar-refractivity contribution in [1.82, 2.24) is 5.32 Å². The molecule has 23 heavy (non-hydrogen) atoms. The van der Waals surface area contributed by atoms with Crippen molar-refractivity contribution in [2.75, 3.05) is 0 Å². The van der Waals surface area contributed by atoms with E-state index in [0.29, 0.717) is 11.4 Å². The van der Waals surface area contributed by atoms with Crippen LogP contribution in [0.1, 0.15) is 16.7 Å². The highest BCUT2D eigenvalue weighted by Gasteiger charge is 2.21. The zero-order chi connectivity index (χ0) is 16.4. The van der Waals surface area contributed by atoms with Gasteiger partial charge in [-0.3, -0.25) is 14.9 Å². The molecule has 114 valence electrons. The summed E-state index contributed by atoms with van der Waals surface area (Å²) < 4.78 is 0. The minimum atomic E-state index is -0.465. The second kappa shape index (κ2) is 5.84. The van der Waals surface area contributed by atoms with Crippen LogP contribution in [0.4, 0.5) is 5.69 Å². The summed E-state index contributed by atoms with van der Waals surface area (Å²) in [4.78, 5) is 26.5. The lowest BCUT2D eigenvalue weighted by Gasteiger charge is -2.00. The van der Waals surface area contributed by atoms with E-state index < -0.39 is 4.92 Å². The molecule has 0 aliphatic carbocycles. The Morgan fingerprint density at radius 3 is 2.35 bits per heavy atom. The number of amides is 1. The van der Waals surface area contributed by atoms with E-state index in [2.05, 4.69) is 10.3 Å². The van der Waals surface area contributed by atoms with E-state index >= 15 is 0 Å². The number of carbonyl (C=O) groups is 1. The van der Waals surface area contributed by atoms with E-state index in [1.807, 2.05) is 31.2 Å². The van der Waals surface area contributed by atoms with Crippen LogP contribution in [0, 0.1) is 17.0 Å². The third-order valence-corrected chi connectivity index (χ3v) is 3.43. The van der Waals surface area contributed by atoms with Crippen LogP contribution in [0.25, 0.3) is 6.08 Å². The molecule has 0 saturated carbocycles. The van der Waals surface area contributed by atoms with Crippen LogP contribution in [0.5, 0.6) is 0 Å². The lowest BCUT2D eigenvalue weighted by molar-refractivity contribution is -0.384. The summed E-state index contributed by atoms with van der Waals surface area (Å²) in [5.74, 6) is 0.210. The molecule has 0 saturated heterocycles. The average molecular weight is 307 g/mol. The zero-order valence-corrected chi connectivity index (χ0v) is 12.3. The lowest BCUT2D eigenvalue weighted by Crippen LogP contribution is -2.24. The molecule has 0 radical (unpaired) electrons. The van der Waals surface area contributed by atoms with Gasteiger partial charge in [0, 0.05) is 17.7 Å². The van der Waals surface area contributed by atoms with E-state index in [-0.39, 0.29) is 17.3 Å². The van der Waals surface area contributed by atoms with Crippen molar-refractivity contribution in [3.63, 3.8) is 0 Å². The second-order valence-electron chi connectivity index (χ2n) is 5.16. The summed E-state index contributed by atoms with van der Waals surface area (Å²) in [5.41, 5.74) is 2.91. The number of benzene rings is 2. The molecule has 0 fully saturated rings. The number of hydrogen-bond donors (Lipinski definition) is 1. The van der Waals surface area contributed by atoms with Gasteiger partial charge >= 0.3 is 0 Å². The van der Waals surface area contributed by atoms with Gasteiger partial charge in [-0.15, -0.1) is 0 Å². The normalized spacial score (nSPS) is 15.4. The first-order valence-electron chi connectivity index (χ1n) is 6.96. The van der Waals surface area contributed by atoms with Gasteiger partial charge in [0.25, 0.3) is 11.6 Å². The quantitative estimate of drug-likeness (QED) is 0.537. The summed E-state index contributed by atoms with van der Waals surface area (Å²) in [7, 11) is 0. The highest BCUT2D eigenvalue weighted by Crippen LogP contribution is 2.18. The molecule has 3 rings (SSSR count). The molecule has 6 nitrogen and oxygen atoms in total. The first-order valence-corrected chi connectivity index (χ1v) is 6.96. The van der Waals surface area contributed by atoms with Crippen molar-refractivity contribution in [2.24, 2.45) is 4.99 Å². The second-order valence-corrected chi connectivity index (χ2v) is 5.16. The van der Waals surface area contributed by atoms with E-state index in [1.54, 1.807) is 18.2 Å². The van der Waals surface area contributed by atoms with Crippen LogP contribution in [0.15, 0.2) is 59.2 Å². The molecule has 0 unspecified atom stereocenters. The molecule has 0 spiro atoms. The van der Waals surface area contributed by atoms with Crippen molar-refractivity contribution >= 4 is 23.5 Å². The monoisotopic (exact) mass is 307 g/mol. The standard InChI is InChI=1S/C17H13N3O3/c1-11-2-6-13(7-3-11)16-18-15(17(21)19-16)10-12-4-8-14(9-5-12)20(22)23/h2-10H,1H3,(H,18,19,21)/b15-10+. The fourth-order valence-corrected chi connectivity index (χ4v) is 2.17. The van der Waals surface area contributed by atoms with E-state index in [4.69, 9.17) is 0 Å². The molecule has 0 atom stereocenters. The SMILES string of the molecule is Cc1ccc(C2=N/C(=C/c3ccc([N+](=O)[O-])cc3)C(=O)N2)cc1. The van der Waals surface area contributed by atoms with Gasteiger partial charge in [0.2, 0.25) is 0 Å².